The molecule has 0 amide bonds. The lowest BCUT2D eigenvalue weighted by Crippen LogP contribution is -2.22. The zero-order chi connectivity index (χ0) is 14.3. The smallest absolute Gasteiger partial charge is 0.280 e. The Bertz CT molecular complexity index is 830. The van der Waals surface area contributed by atoms with Gasteiger partial charge < -0.3 is 4.98 Å². The maximum absolute atomic E-state index is 12.3. The summed E-state index contributed by atoms with van der Waals surface area (Å²) in [6, 6.07) is 0. The normalized spacial score (nSPS) is 11.3. The van der Waals surface area contributed by atoms with E-state index in [2.05, 4.69) is 20.1 Å². The second kappa shape index (κ2) is 4.75. The van der Waals surface area contributed by atoms with Crippen LogP contribution in [0.3, 0.4) is 0 Å². The number of nitrogens with one attached hydrogen (secondary N) is 1. The molecule has 3 heterocycles. The van der Waals surface area contributed by atoms with Crippen molar-refractivity contribution in [2.45, 2.75) is 19.9 Å². The van der Waals surface area contributed by atoms with E-state index in [9.17, 15) is 4.79 Å². The number of aromatic nitrogens is 6. The van der Waals surface area contributed by atoms with Crippen molar-refractivity contribution in [2.24, 2.45) is 7.05 Å². The lowest BCUT2D eigenvalue weighted by molar-refractivity contribution is 0.648. The minimum absolute atomic E-state index is 0.161. The van der Waals surface area contributed by atoms with E-state index in [0.29, 0.717) is 23.5 Å². The van der Waals surface area contributed by atoms with Gasteiger partial charge in [-0.1, -0.05) is 6.92 Å². The quantitative estimate of drug-likeness (QED) is 0.743. The Balaban J connectivity index is 2.21. The van der Waals surface area contributed by atoms with Gasteiger partial charge in [-0.15, -0.1) is 0 Å². The van der Waals surface area contributed by atoms with Crippen LogP contribution in [0.25, 0.3) is 22.6 Å². The van der Waals surface area contributed by atoms with Crippen molar-refractivity contribution in [1.29, 1.82) is 0 Å². The van der Waals surface area contributed by atoms with E-state index in [-0.39, 0.29) is 10.8 Å². The second-order valence-electron chi connectivity index (χ2n) is 4.52. The van der Waals surface area contributed by atoms with E-state index in [1.165, 1.54) is 4.57 Å². The highest BCUT2D eigenvalue weighted by molar-refractivity contribution is 6.28. The maximum Gasteiger partial charge on any atom is 0.280 e. The fraction of sp³-hybridized carbons (Fsp3) is 0.333. The van der Waals surface area contributed by atoms with Crippen LogP contribution < -0.4 is 5.56 Å². The molecule has 0 unspecified atom stereocenters. The predicted octanol–water partition coefficient (Wildman–Crippen LogP) is 1.58. The van der Waals surface area contributed by atoms with Gasteiger partial charge in [-0.25, -0.2) is 4.98 Å². The number of halogens is 1. The molecule has 8 heteroatoms. The molecular weight excluding hydrogens is 280 g/mol. The third kappa shape index (κ3) is 2.00. The molecule has 3 aromatic rings. The van der Waals surface area contributed by atoms with E-state index >= 15 is 0 Å². The lowest BCUT2D eigenvalue weighted by Gasteiger charge is -2.04. The molecule has 0 fully saturated rings. The van der Waals surface area contributed by atoms with Crippen LogP contribution in [-0.4, -0.2) is 29.3 Å². The van der Waals surface area contributed by atoms with E-state index in [1.54, 1.807) is 10.9 Å². The maximum atomic E-state index is 12.3. The van der Waals surface area contributed by atoms with Gasteiger partial charge in [0.1, 0.15) is 5.82 Å². The van der Waals surface area contributed by atoms with E-state index in [4.69, 9.17) is 11.6 Å². The standard InChI is InChI=1S/C12H13ClN6O/c1-3-4-19-11(20)8-10(17-12(19)13)16-9(15-8)7-5-14-18(2)6-7/h5-6H,3-4H2,1-2H3,(H,15,16). The molecule has 1 N–H and O–H groups in total. The van der Waals surface area contributed by atoms with Crippen LogP contribution in [0.1, 0.15) is 13.3 Å². The monoisotopic (exact) mass is 292 g/mol. The lowest BCUT2D eigenvalue weighted by atomic mass is 10.3. The molecule has 104 valence electrons. The Morgan fingerprint density at radius 2 is 2.20 bits per heavy atom. The van der Waals surface area contributed by atoms with Gasteiger partial charge >= 0.3 is 0 Å². The van der Waals surface area contributed by atoms with E-state index in [0.717, 1.165) is 12.0 Å². The average molecular weight is 293 g/mol. The van der Waals surface area contributed by atoms with Gasteiger partial charge in [-0.2, -0.15) is 10.1 Å². The van der Waals surface area contributed by atoms with E-state index < -0.39 is 0 Å². The van der Waals surface area contributed by atoms with Crippen molar-refractivity contribution in [3.63, 3.8) is 0 Å². The molecule has 0 saturated carbocycles. The van der Waals surface area contributed by atoms with Crippen molar-refractivity contribution in [1.82, 2.24) is 29.3 Å². The van der Waals surface area contributed by atoms with Crippen LogP contribution in [-0.2, 0) is 13.6 Å². The van der Waals surface area contributed by atoms with Crippen molar-refractivity contribution in [3.05, 3.63) is 28.0 Å². The average Bonchev–Trinajstić information content (AvgIpc) is 3.00. The van der Waals surface area contributed by atoms with Crippen molar-refractivity contribution in [3.8, 4) is 11.4 Å². The van der Waals surface area contributed by atoms with Gasteiger partial charge in [0.15, 0.2) is 11.2 Å². The minimum Gasteiger partial charge on any atom is -0.332 e. The largest absolute Gasteiger partial charge is 0.332 e. The van der Waals surface area contributed by atoms with Crippen molar-refractivity contribution >= 4 is 22.8 Å². The summed E-state index contributed by atoms with van der Waals surface area (Å²) >= 11 is 6.03. The summed E-state index contributed by atoms with van der Waals surface area (Å²) in [5.41, 5.74) is 1.28. The summed E-state index contributed by atoms with van der Waals surface area (Å²) in [5, 5.41) is 4.24. The summed E-state index contributed by atoms with van der Waals surface area (Å²) in [6.07, 6.45) is 4.28. The molecule has 0 aromatic carbocycles. The van der Waals surface area contributed by atoms with Gasteiger partial charge in [0, 0.05) is 19.8 Å². The number of nitrogens with zero attached hydrogens (tertiary/aromatic N) is 5. The number of H-pyrrole nitrogens is 1. The molecular formula is C12H13ClN6O. The summed E-state index contributed by atoms with van der Waals surface area (Å²) in [7, 11) is 1.81. The Morgan fingerprint density at radius 1 is 1.40 bits per heavy atom. The molecule has 0 aliphatic rings. The molecule has 0 spiro atoms. The third-order valence-electron chi connectivity index (χ3n) is 2.99. The van der Waals surface area contributed by atoms with Gasteiger partial charge in [0.2, 0.25) is 5.28 Å². The second-order valence-corrected chi connectivity index (χ2v) is 4.86. The molecule has 3 aromatic heterocycles. The van der Waals surface area contributed by atoms with Crippen LogP contribution in [0.2, 0.25) is 5.28 Å². The Hall–Kier alpha value is -2.15. The molecule has 0 aliphatic carbocycles. The molecule has 20 heavy (non-hydrogen) atoms. The van der Waals surface area contributed by atoms with Gasteiger partial charge in [0.05, 0.1) is 11.8 Å². The van der Waals surface area contributed by atoms with Gasteiger partial charge in [-0.05, 0) is 18.0 Å². The van der Waals surface area contributed by atoms with Gasteiger partial charge in [-0.3, -0.25) is 14.0 Å². The molecule has 0 saturated heterocycles. The first-order chi connectivity index (χ1) is 9.60. The fourth-order valence-corrected chi connectivity index (χ4v) is 2.30. The fourth-order valence-electron chi connectivity index (χ4n) is 2.06. The Labute approximate surface area is 119 Å². The number of imidazole rings is 1. The molecule has 0 atom stereocenters. The van der Waals surface area contributed by atoms with Crippen LogP contribution >= 0.6 is 11.6 Å². The summed E-state index contributed by atoms with van der Waals surface area (Å²) < 4.78 is 3.10. The number of hydrogen-bond acceptors (Lipinski definition) is 4. The van der Waals surface area contributed by atoms with Crippen LogP contribution in [0.15, 0.2) is 17.2 Å². The number of hydrogen-bond donors (Lipinski definition) is 1. The number of aromatic amines is 1. The zero-order valence-electron chi connectivity index (χ0n) is 11.1. The summed E-state index contributed by atoms with van der Waals surface area (Å²) in [4.78, 5) is 23.8. The van der Waals surface area contributed by atoms with Crippen LogP contribution in [0, 0.1) is 0 Å². The molecule has 0 radical (unpaired) electrons. The van der Waals surface area contributed by atoms with E-state index in [1.807, 2.05) is 20.2 Å². The van der Waals surface area contributed by atoms with Crippen LogP contribution in [0.5, 0.6) is 0 Å². The predicted molar refractivity (Wildman–Crippen MR) is 75.7 cm³/mol. The number of fused-ring (bicyclic) bond motifs is 1. The third-order valence-corrected chi connectivity index (χ3v) is 3.28. The van der Waals surface area contributed by atoms with Crippen molar-refractivity contribution < 1.29 is 0 Å². The van der Waals surface area contributed by atoms with Crippen LogP contribution in [0.4, 0.5) is 0 Å². The number of rotatable bonds is 3. The zero-order valence-corrected chi connectivity index (χ0v) is 11.8. The number of aryl methyl sites for hydroxylation is 1. The van der Waals surface area contributed by atoms with Crippen molar-refractivity contribution in [2.75, 3.05) is 0 Å². The summed E-state index contributed by atoms with van der Waals surface area (Å²) in [5.74, 6) is 0.558. The molecule has 7 nitrogen and oxygen atoms in total. The first kappa shape index (κ1) is 12.9. The highest BCUT2D eigenvalue weighted by Gasteiger charge is 2.14. The Morgan fingerprint density at radius 3 is 2.85 bits per heavy atom. The highest BCUT2D eigenvalue weighted by Crippen LogP contribution is 2.18. The minimum atomic E-state index is -0.204. The first-order valence-corrected chi connectivity index (χ1v) is 6.63. The highest BCUT2D eigenvalue weighted by atomic mass is 35.5. The van der Waals surface area contributed by atoms with Gasteiger partial charge in [0.25, 0.3) is 5.56 Å². The summed E-state index contributed by atoms with van der Waals surface area (Å²) in [6.45, 7) is 2.50. The Kier molecular flexibility index (Phi) is 3.06. The first-order valence-electron chi connectivity index (χ1n) is 6.25. The molecule has 0 aliphatic heterocycles. The molecule has 3 rings (SSSR count). The topological polar surface area (TPSA) is 81.4 Å². The molecule has 0 bridgehead atoms. The SMILES string of the molecule is CCCn1c(Cl)nc2nc(-c3cnn(C)c3)[nH]c2c1=O.